The number of fused-ring (bicyclic) bond motifs is 1. The molecule has 0 N–H and O–H groups in total. The van der Waals surface area contributed by atoms with Gasteiger partial charge in [-0.2, -0.15) is 0 Å². The fourth-order valence-corrected chi connectivity index (χ4v) is 6.46. The van der Waals surface area contributed by atoms with E-state index in [1.807, 2.05) is 36.4 Å². The summed E-state index contributed by atoms with van der Waals surface area (Å²) in [5, 5.41) is 0.558. The van der Waals surface area contributed by atoms with Crippen LogP contribution >= 0.6 is 11.6 Å². The Bertz CT molecular complexity index is 1520. The van der Waals surface area contributed by atoms with E-state index in [2.05, 4.69) is 23.1 Å². The summed E-state index contributed by atoms with van der Waals surface area (Å²) in [5.41, 5.74) is 5.03. The molecule has 3 aromatic rings. The van der Waals surface area contributed by atoms with Crippen molar-refractivity contribution in [2.75, 3.05) is 44.2 Å². The second kappa shape index (κ2) is 13.8. The molecule has 3 aromatic carbocycles. The van der Waals surface area contributed by atoms with Crippen molar-refractivity contribution in [1.29, 1.82) is 0 Å². The summed E-state index contributed by atoms with van der Waals surface area (Å²) in [5.74, 6) is -0.337. The Morgan fingerprint density at radius 1 is 0.727 bits per heavy atom. The number of rotatable bonds is 8. The van der Waals surface area contributed by atoms with Crippen LogP contribution in [0.1, 0.15) is 63.1 Å². The first-order chi connectivity index (χ1) is 21.4. The summed E-state index contributed by atoms with van der Waals surface area (Å²) >= 11 is 6.06. The lowest BCUT2D eigenvalue weighted by molar-refractivity contribution is -0.119. The maximum Gasteiger partial charge on any atom is 0.254 e. The van der Waals surface area contributed by atoms with Crippen LogP contribution < -0.4 is 4.90 Å². The number of carbonyl (C=O) groups is 3. The molecule has 1 saturated heterocycles. The Kier molecular flexibility index (Phi) is 9.43. The highest BCUT2D eigenvalue weighted by atomic mass is 35.5. The topological polar surface area (TPSA) is 64.2 Å². The number of piperidine rings is 1. The molecular weight excluding hydrogens is 572 g/mol. The molecule has 44 heavy (non-hydrogen) atoms. The molecular formula is C36H39ClN4O3. The Balaban J connectivity index is 1.23. The molecule has 3 aliphatic heterocycles. The number of benzene rings is 3. The van der Waals surface area contributed by atoms with Crippen LogP contribution in [0.5, 0.6) is 0 Å². The predicted octanol–water partition coefficient (Wildman–Crippen LogP) is 5.96. The molecule has 0 aliphatic carbocycles. The van der Waals surface area contributed by atoms with Crippen molar-refractivity contribution in [3.05, 3.63) is 112 Å². The van der Waals surface area contributed by atoms with Crippen LogP contribution in [0.25, 0.3) is 0 Å². The van der Waals surface area contributed by atoms with Crippen LogP contribution in [0.3, 0.4) is 0 Å². The maximum absolute atomic E-state index is 13.9. The van der Waals surface area contributed by atoms with Crippen LogP contribution in [0, 0.1) is 0 Å². The smallest absolute Gasteiger partial charge is 0.254 e. The zero-order chi connectivity index (χ0) is 30.5. The number of anilines is 1. The van der Waals surface area contributed by atoms with Gasteiger partial charge >= 0.3 is 0 Å². The van der Waals surface area contributed by atoms with E-state index < -0.39 is 0 Å². The van der Waals surface area contributed by atoms with Crippen molar-refractivity contribution >= 4 is 35.0 Å². The highest BCUT2D eigenvalue weighted by molar-refractivity contribution is 6.30. The molecule has 228 valence electrons. The minimum atomic E-state index is -0.201. The average Bonchev–Trinajstić information content (AvgIpc) is 3.55. The number of likely N-dealkylation sites (tertiary alicyclic amines) is 1. The monoisotopic (exact) mass is 610 g/mol. The quantitative estimate of drug-likeness (QED) is 0.295. The molecule has 0 aromatic heterocycles. The molecule has 7 nitrogen and oxygen atoms in total. The summed E-state index contributed by atoms with van der Waals surface area (Å²) in [6.07, 6.45) is 9.89. The van der Waals surface area contributed by atoms with Gasteiger partial charge in [0.15, 0.2) is 0 Å². The van der Waals surface area contributed by atoms with E-state index in [9.17, 15) is 14.4 Å². The van der Waals surface area contributed by atoms with Crippen molar-refractivity contribution in [3.8, 4) is 0 Å². The van der Waals surface area contributed by atoms with Crippen LogP contribution in [-0.4, -0.2) is 71.7 Å². The van der Waals surface area contributed by atoms with Gasteiger partial charge < -0.3 is 19.6 Å². The van der Waals surface area contributed by atoms with Gasteiger partial charge in [0.1, 0.15) is 6.54 Å². The summed E-state index contributed by atoms with van der Waals surface area (Å²) in [6, 6.07) is 20.7. The molecule has 3 aliphatic rings. The first-order valence-electron chi connectivity index (χ1n) is 15.7. The average molecular weight is 611 g/mol. The van der Waals surface area contributed by atoms with Crippen LogP contribution in [-0.2, 0) is 24.3 Å². The highest BCUT2D eigenvalue weighted by Crippen LogP contribution is 2.30. The molecule has 8 heteroatoms. The van der Waals surface area contributed by atoms with E-state index in [1.165, 1.54) is 37.9 Å². The largest absolute Gasteiger partial charge is 0.331 e. The molecule has 3 heterocycles. The van der Waals surface area contributed by atoms with Crippen molar-refractivity contribution < 1.29 is 14.4 Å². The minimum absolute atomic E-state index is 0.00305. The van der Waals surface area contributed by atoms with Gasteiger partial charge in [-0.05, 0) is 104 Å². The Hall–Kier alpha value is -3.94. The molecule has 0 radical (unpaired) electrons. The Morgan fingerprint density at radius 3 is 2.07 bits per heavy atom. The summed E-state index contributed by atoms with van der Waals surface area (Å²) in [6.45, 7) is 5.37. The fraction of sp³-hybridized carbons (Fsp3) is 0.361. The number of aryl methyl sites for hydroxylation is 1. The summed E-state index contributed by atoms with van der Waals surface area (Å²) in [4.78, 5) is 48.0. The van der Waals surface area contributed by atoms with E-state index in [1.54, 1.807) is 39.0 Å². The van der Waals surface area contributed by atoms with Crippen molar-refractivity contribution in [2.24, 2.45) is 0 Å². The summed E-state index contributed by atoms with van der Waals surface area (Å²) in [7, 11) is 0. The SMILES string of the molecule is O=C(c1ccc(CN2C(=O)CN(C(=O)c3ccc(Cl)cc3)Cc3ccc(CCCN4CCCCC4)cc32)cc1)N1CC=CC1. The number of amides is 3. The number of halogens is 1. The van der Waals surface area contributed by atoms with Gasteiger partial charge in [-0.25, -0.2) is 0 Å². The molecule has 0 bridgehead atoms. The standard InChI is InChI=1S/C36H39ClN4O3/c37-32-16-14-30(15-17-32)36(44)40-25-31-13-8-27(7-6-20-38-18-2-1-3-19-38)23-33(31)41(34(42)26-40)24-28-9-11-29(12-10-28)35(43)39-21-4-5-22-39/h4-5,8-17,23H,1-3,6-7,18-22,24-26H2. The number of hydrogen-bond donors (Lipinski definition) is 0. The first kappa shape index (κ1) is 30.1. The molecule has 1 fully saturated rings. The number of nitrogens with zero attached hydrogens (tertiary/aromatic N) is 4. The summed E-state index contributed by atoms with van der Waals surface area (Å²) < 4.78 is 0. The highest BCUT2D eigenvalue weighted by Gasteiger charge is 2.30. The molecule has 0 saturated carbocycles. The van der Waals surface area contributed by atoms with Gasteiger partial charge in [-0.3, -0.25) is 14.4 Å². The lowest BCUT2D eigenvalue weighted by Crippen LogP contribution is -2.39. The second-order valence-electron chi connectivity index (χ2n) is 12.0. The van der Waals surface area contributed by atoms with Crippen LogP contribution in [0.15, 0.2) is 78.9 Å². The minimum Gasteiger partial charge on any atom is -0.331 e. The molecule has 3 amide bonds. The lowest BCUT2D eigenvalue weighted by atomic mass is 10.0. The fourth-order valence-electron chi connectivity index (χ4n) is 6.34. The van der Waals surface area contributed by atoms with E-state index in [0.29, 0.717) is 42.3 Å². The maximum atomic E-state index is 13.9. The third kappa shape index (κ3) is 7.06. The third-order valence-electron chi connectivity index (χ3n) is 8.84. The number of carbonyl (C=O) groups excluding carboxylic acids is 3. The number of hydrogen-bond acceptors (Lipinski definition) is 4. The van der Waals surface area contributed by atoms with Crippen molar-refractivity contribution in [3.63, 3.8) is 0 Å². The Labute approximate surface area is 264 Å². The van der Waals surface area contributed by atoms with E-state index in [-0.39, 0.29) is 24.3 Å². The zero-order valence-corrected chi connectivity index (χ0v) is 25.8. The van der Waals surface area contributed by atoms with Crippen molar-refractivity contribution in [1.82, 2.24) is 14.7 Å². The van der Waals surface area contributed by atoms with Gasteiger partial charge in [0.2, 0.25) is 5.91 Å². The molecule has 0 spiro atoms. The lowest BCUT2D eigenvalue weighted by Gasteiger charge is -2.26. The normalized spacial score (nSPS) is 17.1. The molecule has 0 atom stereocenters. The van der Waals surface area contributed by atoms with E-state index in [0.717, 1.165) is 36.2 Å². The van der Waals surface area contributed by atoms with Gasteiger partial charge in [0.05, 0.1) is 6.54 Å². The predicted molar refractivity (Wildman–Crippen MR) is 174 cm³/mol. The van der Waals surface area contributed by atoms with Gasteiger partial charge in [0, 0.05) is 41.5 Å². The first-order valence-corrected chi connectivity index (χ1v) is 16.0. The van der Waals surface area contributed by atoms with Crippen LogP contribution in [0.2, 0.25) is 5.02 Å². The van der Waals surface area contributed by atoms with Crippen LogP contribution in [0.4, 0.5) is 5.69 Å². The third-order valence-corrected chi connectivity index (χ3v) is 9.09. The van der Waals surface area contributed by atoms with Gasteiger partial charge in [-0.15, -0.1) is 0 Å². The Morgan fingerprint density at radius 2 is 1.36 bits per heavy atom. The molecule has 6 rings (SSSR count). The van der Waals surface area contributed by atoms with E-state index >= 15 is 0 Å². The van der Waals surface area contributed by atoms with Gasteiger partial charge in [0.25, 0.3) is 11.8 Å². The van der Waals surface area contributed by atoms with Crippen molar-refractivity contribution in [2.45, 2.75) is 45.2 Å². The van der Waals surface area contributed by atoms with E-state index in [4.69, 9.17) is 11.6 Å². The second-order valence-corrected chi connectivity index (χ2v) is 12.4. The zero-order valence-electron chi connectivity index (χ0n) is 25.1. The molecule has 0 unspecified atom stereocenters. The van der Waals surface area contributed by atoms with Gasteiger partial charge in [-0.1, -0.05) is 54.4 Å².